The summed E-state index contributed by atoms with van der Waals surface area (Å²) in [5.41, 5.74) is 7.66. The van der Waals surface area contributed by atoms with E-state index in [0.29, 0.717) is 17.8 Å². The van der Waals surface area contributed by atoms with Gasteiger partial charge in [-0.2, -0.15) is 0 Å². The number of nitrogens with two attached hydrogens (primary N) is 2. The van der Waals surface area contributed by atoms with Crippen LogP contribution in [-0.4, -0.2) is 5.67 Å². The van der Waals surface area contributed by atoms with Crippen LogP contribution in [0.25, 0.3) is 0 Å². The van der Waals surface area contributed by atoms with Crippen molar-refractivity contribution in [2.45, 2.75) is 44.7 Å². The van der Waals surface area contributed by atoms with Gasteiger partial charge in [-0.05, 0) is 32.6 Å². The summed E-state index contributed by atoms with van der Waals surface area (Å²) in [6, 6.07) is 0. The van der Waals surface area contributed by atoms with E-state index >= 15 is 0 Å². The predicted molar refractivity (Wildman–Crippen MR) is 51.1 cm³/mol. The van der Waals surface area contributed by atoms with Crippen LogP contribution in [0.2, 0.25) is 0 Å². The maximum Gasteiger partial charge on any atom is 0.150 e. The second-order valence-corrected chi connectivity index (χ2v) is 3.80. The van der Waals surface area contributed by atoms with E-state index in [1.165, 1.54) is 6.92 Å². The smallest absolute Gasteiger partial charge is 0.150 e. The van der Waals surface area contributed by atoms with Crippen LogP contribution < -0.4 is 17.0 Å². The normalized spacial score (nSPS) is 31.0. The number of allylic oxidation sites excluding steroid dienone is 2. The van der Waals surface area contributed by atoms with Crippen LogP contribution in [0.3, 0.4) is 0 Å². The Morgan fingerprint density at radius 3 is 2.69 bits per heavy atom. The lowest BCUT2D eigenvalue weighted by molar-refractivity contribution is 0.199. The molecule has 0 amide bonds. The van der Waals surface area contributed by atoms with E-state index in [-0.39, 0.29) is 0 Å². The van der Waals surface area contributed by atoms with Crippen LogP contribution in [0.1, 0.15) is 39.0 Å². The Morgan fingerprint density at radius 1 is 1.38 bits per heavy atom. The number of alkyl halides is 1. The van der Waals surface area contributed by atoms with E-state index in [1.807, 2.05) is 0 Å². The third-order valence-electron chi connectivity index (χ3n) is 2.58. The minimum Gasteiger partial charge on any atom is -0.401 e. The number of rotatable bonds is 1. The highest BCUT2D eigenvalue weighted by Gasteiger charge is 2.30. The number of hydrogen-bond acceptors (Lipinski definition) is 3. The molecule has 1 aliphatic carbocycles. The zero-order valence-electron chi connectivity index (χ0n) is 8.07. The molecule has 76 valence electrons. The highest BCUT2D eigenvalue weighted by Crippen LogP contribution is 2.30. The van der Waals surface area contributed by atoms with Gasteiger partial charge in [-0.3, -0.25) is 5.84 Å². The lowest BCUT2D eigenvalue weighted by Crippen LogP contribution is -2.38. The van der Waals surface area contributed by atoms with E-state index < -0.39 is 5.67 Å². The van der Waals surface area contributed by atoms with Crippen molar-refractivity contribution in [2.24, 2.45) is 11.6 Å². The number of hydrogen-bond donors (Lipinski definition) is 3. The molecule has 0 saturated heterocycles. The molecule has 0 aromatic carbocycles. The molecular weight excluding hydrogens is 169 g/mol. The minimum absolute atomic E-state index is 0.368. The highest BCUT2D eigenvalue weighted by molar-refractivity contribution is 5.19. The zero-order valence-corrected chi connectivity index (χ0v) is 8.07. The molecule has 4 heteroatoms. The van der Waals surface area contributed by atoms with Gasteiger partial charge < -0.3 is 11.2 Å². The first-order chi connectivity index (χ1) is 6.08. The van der Waals surface area contributed by atoms with E-state index in [9.17, 15) is 4.39 Å². The van der Waals surface area contributed by atoms with Crippen LogP contribution in [0.15, 0.2) is 11.4 Å². The monoisotopic (exact) mass is 187 g/mol. The second kappa shape index (κ2) is 3.96. The molecule has 3 nitrogen and oxygen atoms in total. The Labute approximate surface area is 78.3 Å². The molecule has 0 heterocycles. The molecule has 1 atom stereocenters. The summed E-state index contributed by atoms with van der Waals surface area (Å²) in [7, 11) is 0. The summed E-state index contributed by atoms with van der Waals surface area (Å²) in [4.78, 5) is 0. The average Bonchev–Trinajstić information content (AvgIpc) is 2.02. The van der Waals surface area contributed by atoms with Gasteiger partial charge in [0.25, 0.3) is 0 Å². The van der Waals surface area contributed by atoms with E-state index in [0.717, 1.165) is 25.7 Å². The van der Waals surface area contributed by atoms with Crippen LogP contribution in [0.5, 0.6) is 0 Å². The lowest BCUT2D eigenvalue weighted by Gasteiger charge is -2.27. The summed E-state index contributed by atoms with van der Waals surface area (Å²) in [5, 5.41) is 0. The first kappa shape index (κ1) is 10.3. The van der Waals surface area contributed by atoms with Gasteiger partial charge in [-0.15, -0.1) is 0 Å². The molecule has 5 N–H and O–H groups in total. The molecule has 1 aliphatic rings. The van der Waals surface area contributed by atoms with Crippen LogP contribution in [-0.2, 0) is 0 Å². The van der Waals surface area contributed by atoms with Crippen molar-refractivity contribution >= 4 is 0 Å². The summed E-state index contributed by atoms with van der Waals surface area (Å²) in [5.74, 6) is 5.26. The van der Waals surface area contributed by atoms with Gasteiger partial charge in [0.05, 0.1) is 5.70 Å². The molecule has 0 fully saturated rings. The van der Waals surface area contributed by atoms with Crippen molar-refractivity contribution in [3.63, 3.8) is 0 Å². The molecule has 13 heavy (non-hydrogen) atoms. The lowest BCUT2D eigenvalue weighted by atomic mass is 9.91. The fraction of sp³-hybridized carbons (Fsp3) is 0.778. The quantitative estimate of drug-likeness (QED) is 0.428. The van der Waals surface area contributed by atoms with Crippen molar-refractivity contribution in [3.05, 3.63) is 11.4 Å². The maximum absolute atomic E-state index is 13.9. The molecule has 0 radical (unpaired) electrons. The average molecular weight is 187 g/mol. The Bertz CT molecular complexity index is 211. The summed E-state index contributed by atoms with van der Waals surface area (Å²) in [6.45, 7) is 1.53. The van der Waals surface area contributed by atoms with Gasteiger partial charge in [-0.25, -0.2) is 4.39 Å². The number of nitrogens with one attached hydrogen (secondary N) is 1. The molecule has 0 aromatic heterocycles. The maximum atomic E-state index is 13.9. The molecule has 0 saturated carbocycles. The highest BCUT2D eigenvalue weighted by atomic mass is 19.1. The Morgan fingerprint density at radius 2 is 2.08 bits per heavy atom. The van der Waals surface area contributed by atoms with E-state index in [2.05, 4.69) is 5.43 Å². The molecular formula is C9H18FN3. The van der Waals surface area contributed by atoms with Crippen molar-refractivity contribution in [1.29, 1.82) is 0 Å². The van der Waals surface area contributed by atoms with E-state index in [4.69, 9.17) is 11.6 Å². The summed E-state index contributed by atoms with van der Waals surface area (Å²) >= 11 is 0. The van der Waals surface area contributed by atoms with Crippen molar-refractivity contribution in [1.82, 2.24) is 5.43 Å². The fourth-order valence-corrected chi connectivity index (χ4v) is 1.78. The Balaban J connectivity index is 2.91. The summed E-state index contributed by atoms with van der Waals surface area (Å²) in [6.07, 6.45) is 4.18. The van der Waals surface area contributed by atoms with Gasteiger partial charge in [0.1, 0.15) is 0 Å². The standard InChI is InChI=1S/C9H18FN3/c1-9(10)6-4-2-3-5-7(11)8(9)13-12/h13H,2-6,11-12H2,1H3. The van der Waals surface area contributed by atoms with Gasteiger partial charge >= 0.3 is 0 Å². The Kier molecular flexibility index (Phi) is 3.14. The first-order valence-electron chi connectivity index (χ1n) is 4.72. The van der Waals surface area contributed by atoms with Gasteiger partial charge in [0.15, 0.2) is 5.67 Å². The summed E-state index contributed by atoms with van der Waals surface area (Å²) < 4.78 is 13.9. The van der Waals surface area contributed by atoms with E-state index in [1.54, 1.807) is 0 Å². The second-order valence-electron chi connectivity index (χ2n) is 3.80. The van der Waals surface area contributed by atoms with Crippen LogP contribution >= 0.6 is 0 Å². The molecule has 0 spiro atoms. The van der Waals surface area contributed by atoms with Crippen LogP contribution in [0, 0.1) is 0 Å². The SMILES string of the molecule is CC1(F)CCCCCC(N)=C1NN. The van der Waals surface area contributed by atoms with Crippen molar-refractivity contribution < 1.29 is 4.39 Å². The fourth-order valence-electron chi connectivity index (χ4n) is 1.78. The molecule has 0 aliphatic heterocycles. The third kappa shape index (κ3) is 2.34. The molecule has 0 aromatic rings. The first-order valence-corrected chi connectivity index (χ1v) is 4.72. The predicted octanol–water partition coefficient (Wildman–Crippen LogP) is 1.31. The number of hydrazine groups is 1. The minimum atomic E-state index is -1.39. The number of halogens is 1. The molecule has 0 bridgehead atoms. The Hall–Kier alpha value is -0.770. The van der Waals surface area contributed by atoms with Crippen molar-refractivity contribution in [2.75, 3.05) is 0 Å². The molecule has 1 unspecified atom stereocenters. The largest absolute Gasteiger partial charge is 0.401 e. The topological polar surface area (TPSA) is 64.1 Å². The molecule has 1 rings (SSSR count). The van der Waals surface area contributed by atoms with Gasteiger partial charge in [0, 0.05) is 5.70 Å². The third-order valence-corrected chi connectivity index (χ3v) is 2.58. The van der Waals surface area contributed by atoms with Crippen molar-refractivity contribution in [3.8, 4) is 0 Å². The van der Waals surface area contributed by atoms with Gasteiger partial charge in [0.2, 0.25) is 0 Å². The zero-order chi connectivity index (χ0) is 9.90. The van der Waals surface area contributed by atoms with Gasteiger partial charge in [-0.1, -0.05) is 6.42 Å². The van der Waals surface area contributed by atoms with Crippen LogP contribution in [0.4, 0.5) is 4.39 Å².